The molecule has 0 aromatic heterocycles. The Kier molecular flexibility index (Phi) is 5.30. The van der Waals surface area contributed by atoms with E-state index in [1.165, 1.54) is 11.1 Å². The summed E-state index contributed by atoms with van der Waals surface area (Å²) in [7, 11) is 1.66. The number of carbonyl (C=O) groups is 2. The number of rotatable bonds is 3. The zero-order valence-corrected chi connectivity index (χ0v) is 15.5. The third-order valence-electron chi connectivity index (χ3n) is 5.47. The Morgan fingerprint density at radius 1 is 1.24 bits per heavy atom. The molecule has 2 aliphatic rings. The molecule has 1 aromatic rings. The lowest BCUT2D eigenvalue weighted by Gasteiger charge is -2.37. The molecule has 0 spiro atoms. The first kappa shape index (κ1) is 17.8. The van der Waals surface area contributed by atoms with E-state index in [4.69, 9.17) is 4.74 Å². The van der Waals surface area contributed by atoms with Crippen molar-refractivity contribution >= 4 is 17.5 Å². The van der Waals surface area contributed by atoms with Crippen molar-refractivity contribution in [3.63, 3.8) is 0 Å². The van der Waals surface area contributed by atoms with Crippen LogP contribution in [-0.2, 0) is 16.0 Å². The molecule has 0 radical (unpaired) electrons. The van der Waals surface area contributed by atoms with Gasteiger partial charge in [-0.2, -0.15) is 0 Å². The highest BCUT2D eigenvalue weighted by Gasteiger charge is 2.34. The smallest absolute Gasteiger partial charge is 0.231 e. The lowest BCUT2D eigenvalue weighted by molar-refractivity contribution is -0.134. The maximum atomic E-state index is 13.3. The predicted molar refractivity (Wildman–Crippen MR) is 98.0 cm³/mol. The molecule has 0 aliphatic carbocycles. The average molecular weight is 344 g/mol. The van der Waals surface area contributed by atoms with Gasteiger partial charge in [-0.05, 0) is 49.8 Å². The van der Waals surface area contributed by atoms with Crippen molar-refractivity contribution in [3.8, 4) is 5.75 Å². The molecule has 3 rings (SSSR count). The van der Waals surface area contributed by atoms with E-state index in [-0.39, 0.29) is 17.7 Å². The second kappa shape index (κ2) is 7.46. The van der Waals surface area contributed by atoms with Crippen molar-refractivity contribution < 1.29 is 14.3 Å². The summed E-state index contributed by atoms with van der Waals surface area (Å²) in [5.74, 6) is 0.940. The zero-order chi connectivity index (χ0) is 18.0. The quantitative estimate of drug-likeness (QED) is 0.847. The van der Waals surface area contributed by atoms with Crippen LogP contribution in [0.15, 0.2) is 12.1 Å². The summed E-state index contributed by atoms with van der Waals surface area (Å²) < 4.78 is 5.55. The lowest BCUT2D eigenvalue weighted by atomic mass is 9.92. The third-order valence-corrected chi connectivity index (χ3v) is 5.47. The SMILES string of the molecule is CCC(=O)N1CCC[C@@H](C(=O)N2CCCc3c(C)ccc(OC)c32)C1. The fourth-order valence-corrected chi connectivity index (χ4v) is 4.09. The van der Waals surface area contributed by atoms with Gasteiger partial charge in [0.05, 0.1) is 18.7 Å². The molecule has 5 heteroatoms. The van der Waals surface area contributed by atoms with Gasteiger partial charge in [0.25, 0.3) is 0 Å². The lowest BCUT2D eigenvalue weighted by Crippen LogP contribution is -2.48. The van der Waals surface area contributed by atoms with E-state index in [1.807, 2.05) is 22.8 Å². The summed E-state index contributed by atoms with van der Waals surface area (Å²) in [5.41, 5.74) is 3.37. The minimum absolute atomic E-state index is 0.111. The second-order valence-electron chi connectivity index (χ2n) is 7.04. The van der Waals surface area contributed by atoms with Crippen molar-refractivity contribution in [2.75, 3.05) is 31.6 Å². The van der Waals surface area contributed by atoms with Gasteiger partial charge < -0.3 is 14.5 Å². The molecule has 0 saturated carbocycles. The van der Waals surface area contributed by atoms with Crippen LogP contribution in [0, 0.1) is 12.8 Å². The third kappa shape index (κ3) is 3.37. The summed E-state index contributed by atoms with van der Waals surface area (Å²) in [6.07, 6.45) is 4.20. The largest absolute Gasteiger partial charge is 0.495 e. The van der Waals surface area contributed by atoms with E-state index < -0.39 is 0 Å². The Morgan fingerprint density at radius 2 is 2.04 bits per heavy atom. The van der Waals surface area contributed by atoms with E-state index in [2.05, 4.69) is 13.0 Å². The van der Waals surface area contributed by atoms with Gasteiger partial charge in [0.1, 0.15) is 5.75 Å². The number of anilines is 1. The van der Waals surface area contributed by atoms with Crippen LogP contribution in [0.2, 0.25) is 0 Å². The predicted octanol–water partition coefficient (Wildman–Crippen LogP) is 2.93. The molecule has 0 bridgehead atoms. The summed E-state index contributed by atoms with van der Waals surface area (Å²) in [5, 5.41) is 0. The van der Waals surface area contributed by atoms with Crippen LogP contribution in [0.5, 0.6) is 5.75 Å². The zero-order valence-electron chi connectivity index (χ0n) is 15.5. The average Bonchev–Trinajstić information content (AvgIpc) is 2.67. The Balaban J connectivity index is 1.87. The molecular weight excluding hydrogens is 316 g/mol. The summed E-state index contributed by atoms with van der Waals surface area (Å²) in [6.45, 7) is 6.02. The topological polar surface area (TPSA) is 49.9 Å². The standard InChI is InChI=1S/C20H28N2O3/c1-4-18(23)21-11-5-7-15(13-21)20(24)22-12-6-8-16-14(2)9-10-17(25-3)19(16)22/h9-10,15H,4-8,11-13H2,1-3H3/t15-/m1/s1. The van der Waals surface area contributed by atoms with Gasteiger partial charge in [0, 0.05) is 26.1 Å². The molecular formula is C20H28N2O3. The van der Waals surface area contributed by atoms with Gasteiger partial charge in [-0.3, -0.25) is 9.59 Å². The highest BCUT2D eigenvalue weighted by atomic mass is 16.5. The van der Waals surface area contributed by atoms with Gasteiger partial charge in [0.2, 0.25) is 11.8 Å². The number of amides is 2. The number of carbonyl (C=O) groups excluding carboxylic acids is 2. The van der Waals surface area contributed by atoms with Crippen LogP contribution in [0.3, 0.4) is 0 Å². The number of nitrogens with zero attached hydrogens (tertiary/aromatic N) is 2. The molecule has 25 heavy (non-hydrogen) atoms. The van der Waals surface area contributed by atoms with Crippen LogP contribution < -0.4 is 9.64 Å². The molecule has 136 valence electrons. The van der Waals surface area contributed by atoms with Crippen LogP contribution >= 0.6 is 0 Å². The molecule has 1 aromatic carbocycles. The highest BCUT2D eigenvalue weighted by Crippen LogP contribution is 2.39. The number of ether oxygens (including phenoxy) is 1. The first-order valence-corrected chi connectivity index (χ1v) is 9.32. The van der Waals surface area contributed by atoms with Gasteiger partial charge >= 0.3 is 0 Å². The molecule has 0 N–H and O–H groups in total. The van der Waals surface area contributed by atoms with Crippen molar-refractivity contribution in [2.45, 2.75) is 46.0 Å². The monoisotopic (exact) mass is 344 g/mol. The fourth-order valence-electron chi connectivity index (χ4n) is 4.09. The van der Waals surface area contributed by atoms with E-state index in [1.54, 1.807) is 7.11 Å². The van der Waals surface area contributed by atoms with Crippen molar-refractivity contribution in [3.05, 3.63) is 23.3 Å². The summed E-state index contributed by atoms with van der Waals surface area (Å²) >= 11 is 0. The second-order valence-corrected chi connectivity index (χ2v) is 7.04. The fraction of sp³-hybridized carbons (Fsp3) is 0.600. The minimum atomic E-state index is -0.111. The molecule has 1 saturated heterocycles. The minimum Gasteiger partial charge on any atom is -0.495 e. The molecule has 1 atom stereocenters. The van der Waals surface area contributed by atoms with Crippen LogP contribution in [0.1, 0.15) is 43.7 Å². The Bertz CT molecular complexity index is 671. The van der Waals surface area contributed by atoms with E-state index in [0.29, 0.717) is 13.0 Å². The maximum Gasteiger partial charge on any atom is 0.231 e. The van der Waals surface area contributed by atoms with E-state index in [0.717, 1.165) is 50.2 Å². The summed E-state index contributed by atoms with van der Waals surface area (Å²) in [4.78, 5) is 29.1. The van der Waals surface area contributed by atoms with Crippen LogP contribution in [0.4, 0.5) is 5.69 Å². The Labute approximate surface area is 149 Å². The van der Waals surface area contributed by atoms with Gasteiger partial charge in [0.15, 0.2) is 0 Å². The molecule has 2 aliphatic heterocycles. The van der Waals surface area contributed by atoms with Crippen molar-refractivity contribution in [1.82, 2.24) is 4.90 Å². The van der Waals surface area contributed by atoms with Crippen molar-refractivity contribution in [1.29, 1.82) is 0 Å². The number of hydrogen-bond acceptors (Lipinski definition) is 3. The number of likely N-dealkylation sites (tertiary alicyclic amines) is 1. The van der Waals surface area contributed by atoms with Crippen LogP contribution in [0.25, 0.3) is 0 Å². The number of hydrogen-bond donors (Lipinski definition) is 0. The number of piperidine rings is 1. The van der Waals surface area contributed by atoms with E-state index >= 15 is 0 Å². The van der Waals surface area contributed by atoms with E-state index in [9.17, 15) is 9.59 Å². The van der Waals surface area contributed by atoms with Crippen LogP contribution in [-0.4, -0.2) is 43.5 Å². The summed E-state index contributed by atoms with van der Waals surface area (Å²) in [6, 6.07) is 4.02. The first-order valence-electron chi connectivity index (χ1n) is 9.32. The molecule has 5 nitrogen and oxygen atoms in total. The number of methoxy groups -OCH3 is 1. The van der Waals surface area contributed by atoms with Gasteiger partial charge in [-0.1, -0.05) is 13.0 Å². The number of aryl methyl sites for hydroxylation is 1. The molecule has 2 amide bonds. The molecule has 2 heterocycles. The number of benzene rings is 1. The Morgan fingerprint density at radius 3 is 2.76 bits per heavy atom. The highest BCUT2D eigenvalue weighted by molar-refractivity contribution is 5.98. The van der Waals surface area contributed by atoms with Gasteiger partial charge in [-0.15, -0.1) is 0 Å². The maximum absolute atomic E-state index is 13.3. The molecule has 1 fully saturated rings. The van der Waals surface area contributed by atoms with Crippen molar-refractivity contribution in [2.24, 2.45) is 5.92 Å². The number of fused-ring (bicyclic) bond motifs is 1. The van der Waals surface area contributed by atoms with Gasteiger partial charge in [-0.25, -0.2) is 0 Å². The normalized spacial score (nSPS) is 20.2. The first-order chi connectivity index (χ1) is 12.1. The Hall–Kier alpha value is -2.04. The molecule has 0 unspecified atom stereocenters.